The van der Waals surface area contributed by atoms with Crippen molar-refractivity contribution in [1.82, 2.24) is 44.8 Å². The quantitative estimate of drug-likeness (QED) is 0.353. The van der Waals surface area contributed by atoms with Gasteiger partial charge in [0.05, 0.1) is 17.4 Å². The number of benzene rings is 1. The third kappa shape index (κ3) is 4.92. The van der Waals surface area contributed by atoms with E-state index in [1.807, 2.05) is 30.5 Å². The summed E-state index contributed by atoms with van der Waals surface area (Å²) in [5.41, 5.74) is 4.32. The van der Waals surface area contributed by atoms with Crippen LogP contribution in [0.15, 0.2) is 61.1 Å². The summed E-state index contributed by atoms with van der Waals surface area (Å²) in [7, 11) is 0. The lowest BCUT2D eigenvalue weighted by Crippen LogP contribution is -2.35. The van der Waals surface area contributed by atoms with Gasteiger partial charge in [-0.1, -0.05) is 19.1 Å². The Kier molecular flexibility index (Phi) is 6.32. The van der Waals surface area contributed by atoms with E-state index in [9.17, 15) is 4.79 Å². The molecule has 188 valence electrons. The van der Waals surface area contributed by atoms with Crippen LogP contribution in [0, 0.1) is 0 Å². The van der Waals surface area contributed by atoms with Gasteiger partial charge in [0.15, 0.2) is 11.5 Å². The normalized spacial score (nSPS) is 14.9. The van der Waals surface area contributed by atoms with Crippen LogP contribution >= 0.6 is 0 Å². The first kappa shape index (κ1) is 23.2. The standard InChI is InChI=1S/C27H29N9O/c1-19(20-6-7-23-21(15-20)5-4-10-28-23)27-32-31-25-9-8-24(33-36(25)27)22-16-30-35(17-22)18-26(37)29-11-14-34-12-2-3-13-34/h4-10,15-17,19H,2-3,11-14,18H2,1H3,(H,29,37). The van der Waals surface area contributed by atoms with Crippen LogP contribution in [-0.4, -0.2) is 71.6 Å². The smallest absolute Gasteiger partial charge is 0.241 e. The molecular weight excluding hydrogens is 466 g/mol. The van der Waals surface area contributed by atoms with E-state index < -0.39 is 0 Å². The van der Waals surface area contributed by atoms with Crippen molar-refractivity contribution >= 4 is 22.5 Å². The highest BCUT2D eigenvalue weighted by Gasteiger charge is 2.18. The zero-order chi connectivity index (χ0) is 25.2. The summed E-state index contributed by atoms with van der Waals surface area (Å²) in [5, 5.41) is 22.0. The van der Waals surface area contributed by atoms with Crippen LogP contribution < -0.4 is 5.32 Å². The second-order valence-corrected chi connectivity index (χ2v) is 9.55. The highest BCUT2D eigenvalue weighted by molar-refractivity contribution is 5.79. The van der Waals surface area contributed by atoms with Gasteiger partial charge in [-0.05, 0) is 61.8 Å². The summed E-state index contributed by atoms with van der Waals surface area (Å²) < 4.78 is 3.43. The Balaban J connectivity index is 1.17. The number of carbonyl (C=O) groups excluding carboxylic acids is 1. The van der Waals surface area contributed by atoms with Crippen molar-refractivity contribution in [2.45, 2.75) is 32.2 Å². The molecule has 10 nitrogen and oxygen atoms in total. The first-order valence-corrected chi connectivity index (χ1v) is 12.7. The van der Waals surface area contributed by atoms with Gasteiger partial charge in [-0.2, -0.15) is 14.7 Å². The van der Waals surface area contributed by atoms with Gasteiger partial charge in [0.25, 0.3) is 0 Å². The van der Waals surface area contributed by atoms with E-state index in [1.54, 1.807) is 21.6 Å². The number of aromatic nitrogens is 7. The minimum absolute atomic E-state index is 0.0191. The molecule has 1 atom stereocenters. The molecule has 1 aliphatic heterocycles. The van der Waals surface area contributed by atoms with Gasteiger partial charge < -0.3 is 10.2 Å². The van der Waals surface area contributed by atoms with Crippen molar-refractivity contribution in [2.24, 2.45) is 0 Å². The number of fused-ring (bicyclic) bond motifs is 2. The SMILES string of the molecule is CC(c1ccc2ncccc2c1)c1nnc2ccc(-c3cnn(CC(=O)NCCN4CCCC4)c3)nn12. The molecule has 0 saturated carbocycles. The van der Waals surface area contributed by atoms with Crippen LogP contribution in [0.4, 0.5) is 0 Å². The monoisotopic (exact) mass is 495 g/mol. The van der Waals surface area contributed by atoms with Crippen molar-refractivity contribution in [3.05, 3.63) is 72.4 Å². The number of rotatable bonds is 8. The molecule has 1 N–H and O–H groups in total. The number of hydrogen-bond acceptors (Lipinski definition) is 7. The predicted molar refractivity (Wildman–Crippen MR) is 140 cm³/mol. The second-order valence-electron chi connectivity index (χ2n) is 9.55. The molecule has 4 aromatic heterocycles. The zero-order valence-corrected chi connectivity index (χ0v) is 20.8. The predicted octanol–water partition coefficient (Wildman–Crippen LogP) is 2.90. The fourth-order valence-corrected chi connectivity index (χ4v) is 4.89. The third-order valence-corrected chi connectivity index (χ3v) is 6.98. The molecule has 1 amide bonds. The topological polar surface area (TPSA) is 106 Å². The van der Waals surface area contributed by atoms with Gasteiger partial charge in [0, 0.05) is 42.4 Å². The average molecular weight is 496 g/mol. The van der Waals surface area contributed by atoms with Crippen molar-refractivity contribution in [3.63, 3.8) is 0 Å². The number of carbonyl (C=O) groups is 1. The van der Waals surface area contributed by atoms with Crippen LogP contribution in [-0.2, 0) is 11.3 Å². The number of nitrogens with zero attached hydrogens (tertiary/aromatic N) is 8. The molecule has 1 aromatic carbocycles. The molecule has 1 fully saturated rings. The largest absolute Gasteiger partial charge is 0.353 e. The molecule has 1 unspecified atom stereocenters. The molecule has 37 heavy (non-hydrogen) atoms. The summed E-state index contributed by atoms with van der Waals surface area (Å²) in [6.45, 7) is 6.09. The van der Waals surface area contributed by atoms with Gasteiger partial charge in [-0.15, -0.1) is 10.2 Å². The number of amides is 1. The Bertz CT molecular complexity index is 1550. The fraction of sp³-hybridized carbons (Fsp3) is 0.333. The van der Waals surface area contributed by atoms with Crippen molar-refractivity contribution in [2.75, 3.05) is 26.2 Å². The molecule has 5 heterocycles. The molecular formula is C27H29N9O. The Hall–Kier alpha value is -4.18. The van der Waals surface area contributed by atoms with Crippen molar-refractivity contribution in [3.8, 4) is 11.3 Å². The Morgan fingerprint density at radius 3 is 2.89 bits per heavy atom. The number of nitrogens with one attached hydrogen (secondary N) is 1. The van der Waals surface area contributed by atoms with E-state index in [0.29, 0.717) is 12.2 Å². The lowest BCUT2D eigenvalue weighted by Gasteiger charge is -2.14. The molecule has 1 aliphatic rings. The first-order chi connectivity index (χ1) is 18.1. The molecule has 0 bridgehead atoms. The highest BCUT2D eigenvalue weighted by atomic mass is 16.2. The van der Waals surface area contributed by atoms with E-state index in [-0.39, 0.29) is 18.4 Å². The maximum Gasteiger partial charge on any atom is 0.241 e. The summed E-state index contributed by atoms with van der Waals surface area (Å²) in [4.78, 5) is 19.2. The van der Waals surface area contributed by atoms with Gasteiger partial charge in [-0.25, -0.2) is 0 Å². The number of likely N-dealkylation sites (tertiary alicyclic amines) is 1. The van der Waals surface area contributed by atoms with E-state index in [2.05, 4.69) is 55.6 Å². The van der Waals surface area contributed by atoms with Crippen molar-refractivity contribution < 1.29 is 4.79 Å². The maximum atomic E-state index is 12.4. The summed E-state index contributed by atoms with van der Waals surface area (Å²) >= 11 is 0. The van der Waals surface area contributed by atoms with Crippen LogP contribution in [0.25, 0.3) is 27.8 Å². The van der Waals surface area contributed by atoms with Crippen LogP contribution in [0.2, 0.25) is 0 Å². The molecule has 0 radical (unpaired) electrons. The summed E-state index contributed by atoms with van der Waals surface area (Å²) in [6, 6.07) is 14.0. The lowest BCUT2D eigenvalue weighted by molar-refractivity contribution is -0.121. The van der Waals surface area contributed by atoms with E-state index >= 15 is 0 Å². The van der Waals surface area contributed by atoms with Crippen LogP contribution in [0.3, 0.4) is 0 Å². The molecule has 1 saturated heterocycles. The maximum absolute atomic E-state index is 12.4. The Morgan fingerprint density at radius 2 is 2.00 bits per heavy atom. The van der Waals surface area contributed by atoms with Crippen LogP contribution in [0.1, 0.15) is 37.1 Å². The lowest BCUT2D eigenvalue weighted by atomic mass is 9.98. The minimum atomic E-state index is -0.0437. The Labute approximate surface area is 214 Å². The van der Waals surface area contributed by atoms with Crippen molar-refractivity contribution in [1.29, 1.82) is 0 Å². The second kappa shape index (κ2) is 10.1. The molecule has 6 rings (SSSR count). The van der Waals surface area contributed by atoms with Gasteiger partial charge >= 0.3 is 0 Å². The van der Waals surface area contributed by atoms with E-state index in [4.69, 9.17) is 5.10 Å². The fourth-order valence-electron chi connectivity index (χ4n) is 4.89. The van der Waals surface area contributed by atoms with E-state index in [1.165, 1.54) is 12.8 Å². The molecule has 0 spiro atoms. The molecule has 0 aliphatic carbocycles. The molecule has 10 heteroatoms. The van der Waals surface area contributed by atoms with Gasteiger partial charge in [0.2, 0.25) is 5.91 Å². The zero-order valence-electron chi connectivity index (χ0n) is 20.8. The number of pyridine rings is 1. The number of hydrogen-bond donors (Lipinski definition) is 1. The Morgan fingerprint density at radius 1 is 1.11 bits per heavy atom. The highest BCUT2D eigenvalue weighted by Crippen LogP contribution is 2.26. The summed E-state index contributed by atoms with van der Waals surface area (Å²) in [5.74, 6) is 0.692. The average Bonchev–Trinajstić information content (AvgIpc) is 3.69. The van der Waals surface area contributed by atoms with E-state index in [0.717, 1.165) is 53.2 Å². The third-order valence-electron chi connectivity index (χ3n) is 6.98. The minimum Gasteiger partial charge on any atom is -0.353 e. The van der Waals surface area contributed by atoms with Gasteiger partial charge in [-0.3, -0.25) is 14.5 Å². The molecule has 5 aromatic rings. The van der Waals surface area contributed by atoms with Crippen LogP contribution in [0.5, 0.6) is 0 Å². The first-order valence-electron chi connectivity index (χ1n) is 12.7. The van der Waals surface area contributed by atoms with Gasteiger partial charge in [0.1, 0.15) is 6.54 Å². The summed E-state index contributed by atoms with van der Waals surface area (Å²) in [6.07, 6.45) is 7.88.